The Morgan fingerprint density at radius 3 is 2.82 bits per heavy atom. The van der Waals surface area contributed by atoms with Gasteiger partial charge in [-0.15, -0.1) is 0 Å². The standard InChI is InChI=1S/C14H17N5O3/c1-18-11-10(13(21)19(2)14(18)22)5-9(7-16-11)17-12(20)8-3-4-15-6-8/h5,7-8,15H,3-4,6H2,1-2H3,(H,17,20). The molecule has 116 valence electrons. The molecule has 1 atom stereocenters. The molecule has 1 amide bonds. The molecule has 8 heteroatoms. The Morgan fingerprint density at radius 2 is 2.14 bits per heavy atom. The highest BCUT2D eigenvalue weighted by molar-refractivity contribution is 5.94. The summed E-state index contributed by atoms with van der Waals surface area (Å²) >= 11 is 0. The number of carbonyl (C=O) groups is 1. The zero-order valence-electron chi connectivity index (χ0n) is 12.4. The van der Waals surface area contributed by atoms with E-state index in [1.165, 1.54) is 17.8 Å². The average molecular weight is 303 g/mol. The summed E-state index contributed by atoms with van der Waals surface area (Å²) in [6.45, 7) is 1.49. The number of hydrogen-bond acceptors (Lipinski definition) is 5. The number of anilines is 1. The van der Waals surface area contributed by atoms with Crippen molar-refractivity contribution in [3.05, 3.63) is 33.1 Å². The van der Waals surface area contributed by atoms with Crippen molar-refractivity contribution in [3.63, 3.8) is 0 Å². The van der Waals surface area contributed by atoms with E-state index in [4.69, 9.17) is 0 Å². The predicted octanol–water partition coefficient (Wildman–Crippen LogP) is -0.820. The minimum atomic E-state index is -0.432. The fourth-order valence-corrected chi connectivity index (χ4v) is 2.66. The minimum absolute atomic E-state index is 0.0707. The van der Waals surface area contributed by atoms with Crippen molar-refractivity contribution in [1.29, 1.82) is 0 Å². The van der Waals surface area contributed by atoms with E-state index < -0.39 is 11.2 Å². The van der Waals surface area contributed by atoms with Gasteiger partial charge in [0.25, 0.3) is 5.56 Å². The average Bonchev–Trinajstić information content (AvgIpc) is 3.05. The van der Waals surface area contributed by atoms with Gasteiger partial charge in [0, 0.05) is 20.6 Å². The molecule has 3 rings (SSSR count). The third-order valence-electron chi connectivity index (χ3n) is 3.99. The van der Waals surface area contributed by atoms with Gasteiger partial charge in [0.1, 0.15) is 5.65 Å². The van der Waals surface area contributed by atoms with Crippen molar-refractivity contribution in [2.45, 2.75) is 6.42 Å². The van der Waals surface area contributed by atoms with Crippen molar-refractivity contribution in [2.75, 3.05) is 18.4 Å². The van der Waals surface area contributed by atoms with Gasteiger partial charge in [-0.2, -0.15) is 0 Å². The third kappa shape index (κ3) is 2.31. The zero-order chi connectivity index (χ0) is 15.9. The Kier molecular flexibility index (Phi) is 3.53. The van der Waals surface area contributed by atoms with Gasteiger partial charge in [0.2, 0.25) is 5.91 Å². The molecule has 1 aliphatic heterocycles. The van der Waals surface area contributed by atoms with Crippen LogP contribution < -0.4 is 21.9 Å². The van der Waals surface area contributed by atoms with E-state index in [0.29, 0.717) is 23.3 Å². The smallest absolute Gasteiger partial charge is 0.324 e. The van der Waals surface area contributed by atoms with E-state index in [1.54, 1.807) is 13.1 Å². The van der Waals surface area contributed by atoms with E-state index >= 15 is 0 Å². The second-order valence-electron chi connectivity index (χ2n) is 5.48. The number of aromatic nitrogens is 3. The van der Waals surface area contributed by atoms with E-state index in [-0.39, 0.29) is 11.8 Å². The van der Waals surface area contributed by atoms with Crippen LogP contribution in [0.4, 0.5) is 5.69 Å². The summed E-state index contributed by atoms with van der Waals surface area (Å²) in [5.74, 6) is -0.161. The highest BCUT2D eigenvalue weighted by Crippen LogP contribution is 2.15. The number of carbonyl (C=O) groups excluding carboxylic acids is 1. The minimum Gasteiger partial charge on any atom is -0.324 e. The quantitative estimate of drug-likeness (QED) is 0.755. The van der Waals surface area contributed by atoms with Crippen LogP contribution >= 0.6 is 0 Å². The van der Waals surface area contributed by atoms with Gasteiger partial charge in [-0.3, -0.25) is 18.7 Å². The molecule has 8 nitrogen and oxygen atoms in total. The molecule has 22 heavy (non-hydrogen) atoms. The SMILES string of the molecule is Cn1c(=O)c2cc(NC(=O)C3CCNC3)cnc2n(C)c1=O. The molecule has 3 heterocycles. The van der Waals surface area contributed by atoms with E-state index in [0.717, 1.165) is 17.5 Å². The topological polar surface area (TPSA) is 98.0 Å². The van der Waals surface area contributed by atoms with Crippen LogP contribution in [0, 0.1) is 5.92 Å². The van der Waals surface area contributed by atoms with Crippen LogP contribution in [0.5, 0.6) is 0 Å². The lowest BCUT2D eigenvalue weighted by molar-refractivity contribution is -0.119. The number of fused-ring (bicyclic) bond motifs is 1. The maximum Gasteiger partial charge on any atom is 0.332 e. The molecule has 0 bridgehead atoms. The van der Waals surface area contributed by atoms with Gasteiger partial charge >= 0.3 is 5.69 Å². The maximum absolute atomic E-state index is 12.2. The molecule has 0 radical (unpaired) electrons. The van der Waals surface area contributed by atoms with E-state index in [2.05, 4.69) is 15.6 Å². The molecule has 0 saturated carbocycles. The lowest BCUT2D eigenvalue weighted by Gasteiger charge is -2.11. The molecule has 1 fully saturated rings. The molecule has 1 aliphatic rings. The van der Waals surface area contributed by atoms with Crippen molar-refractivity contribution < 1.29 is 4.79 Å². The molecule has 1 saturated heterocycles. The molecule has 0 spiro atoms. The lowest BCUT2D eigenvalue weighted by Crippen LogP contribution is -2.37. The summed E-state index contributed by atoms with van der Waals surface area (Å²) in [5, 5.41) is 6.21. The Labute approximate surface area is 125 Å². The van der Waals surface area contributed by atoms with Crippen LogP contribution in [-0.2, 0) is 18.9 Å². The third-order valence-corrected chi connectivity index (χ3v) is 3.99. The Hall–Kier alpha value is -2.48. The fraction of sp³-hybridized carbons (Fsp3) is 0.429. The Bertz CT molecular complexity index is 861. The number of hydrogen-bond donors (Lipinski definition) is 2. The van der Waals surface area contributed by atoms with E-state index in [1.807, 2.05) is 0 Å². The molecular formula is C14H17N5O3. The van der Waals surface area contributed by atoms with Crippen LogP contribution in [0.15, 0.2) is 21.9 Å². The van der Waals surface area contributed by atoms with Crippen LogP contribution in [0.2, 0.25) is 0 Å². The van der Waals surface area contributed by atoms with Gasteiger partial charge < -0.3 is 10.6 Å². The molecule has 1 unspecified atom stereocenters. The van der Waals surface area contributed by atoms with Gasteiger partial charge in [0.05, 0.1) is 23.2 Å². The molecule has 2 aromatic rings. The lowest BCUT2D eigenvalue weighted by atomic mass is 10.1. The summed E-state index contributed by atoms with van der Waals surface area (Å²) in [5.41, 5.74) is -0.100. The first-order valence-corrected chi connectivity index (χ1v) is 7.06. The maximum atomic E-state index is 12.2. The van der Waals surface area contributed by atoms with Crippen LogP contribution in [-0.4, -0.2) is 33.1 Å². The zero-order valence-corrected chi connectivity index (χ0v) is 12.4. The first-order chi connectivity index (χ1) is 10.5. The highest BCUT2D eigenvalue weighted by Gasteiger charge is 2.22. The predicted molar refractivity (Wildman–Crippen MR) is 81.8 cm³/mol. The molecule has 0 aromatic carbocycles. The summed E-state index contributed by atoms with van der Waals surface area (Å²) in [7, 11) is 2.97. The normalized spacial score (nSPS) is 17.8. The molecular weight excluding hydrogens is 286 g/mol. The van der Waals surface area contributed by atoms with Gasteiger partial charge in [-0.25, -0.2) is 9.78 Å². The first kappa shape index (κ1) is 14.5. The summed E-state index contributed by atoms with van der Waals surface area (Å²) in [6, 6.07) is 1.56. The van der Waals surface area contributed by atoms with Gasteiger partial charge in [0.15, 0.2) is 0 Å². The van der Waals surface area contributed by atoms with Gasteiger partial charge in [-0.05, 0) is 19.0 Å². The summed E-state index contributed by atoms with van der Waals surface area (Å²) < 4.78 is 2.33. The fourth-order valence-electron chi connectivity index (χ4n) is 2.66. The number of nitrogens with zero attached hydrogens (tertiary/aromatic N) is 3. The number of nitrogens with one attached hydrogen (secondary N) is 2. The summed E-state index contributed by atoms with van der Waals surface area (Å²) in [4.78, 5) is 40.3. The van der Waals surface area contributed by atoms with Crippen LogP contribution in [0.25, 0.3) is 11.0 Å². The van der Waals surface area contributed by atoms with Crippen molar-refractivity contribution in [2.24, 2.45) is 20.0 Å². The van der Waals surface area contributed by atoms with Crippen molar-refractivity contribution in [1.82, 2.24) is 19.4 Å². The molecule has 2 aromatic heterocycles. The largest absolute Gasteiger partial charge is 0.332 e. The van der Waals surface area contributed by atoms with Crippen molar-refractivity contribution >= 4 is 22.6 Å². The number of pyridine rings is 1. The first-order valence-electron chi connectivity index (χ1n) is 7.06. The Morgan fingerprint density at radius 1 is 1.36 bits per heavy atom. The molecule has 0 aliphatic carbocycles. The van der Waals surface area contributed by atoms with E-state index in [9.17, 15) is 14.4 Å². The monoisotopic (exact) mass is 303 g/mol. The summed E-state index contributed by atoms with van der Waals surface area (Å²) in [6.07, 6.45) is 2.25. The second kappa shape index (κ2) is 5.38. The van der Waals surface area contributed by atoms with Crippen molar-refractivity contribution in [3.8, 4) is 0 Å². The number of amides is 1. The number of rotatable bonds is 2. The number of aryl methyl sites for hydroxylation is 1. The van der Waals surface area contributed by atoms with Crippen LogP contribution in [0.1, 0.15) is 6.42 Å². The molecule has 2 N–H and O–H groups in total. The second-order valence-corrected chi connectivity index (χ2v) is 5.48. The Balaban J connectivity index is 2.01. The van der Waals surface area contributed by atoms with Crippen LogP contribution in [0.3, 0.4) is 0 Å². The highest BCUT2D eigenvalue weighted by atomic mass is 16.2. The van der Waals surface area contributed by atoms with Gasteiger partial charge in [-0.1, -0.05) is 0 Å².